The fraction of sp³-hybridized carbons (Fsp3) is 0.577. The van der Waals surface area contributed by atoms with Crippen LogP contribution < -0.4 is 0 Å². The third-order valence-electron chi connectivity index (χ3n) is 7.08. The highest BCUT2D eigenvalue weighted by Crippen LogP contribution is 2.23. The summed E-state index contributed by atoms with van der Waals surface area (Å²) in [5.74, 6) is 0. The van der Waals surface area contributed by atoms with Gasteiger partial charge in [-0.3, -0.25) is 14.8 Å². The van der Waals surface area contributed by atoms with Crippen molar-refractivity contribution >= 4 is 0 Å². The highest BCUT2D eigenvalue weighted by molar-refractivity contribution is 5.14. The number of pyridine rings is 1. The van der Waals surface area contributed by atoms with E-state index in [0.717, 1.165) is 18.6 Å². The van der Waals surface area contributed by atoms with Crippen molar-refractivity contribution in [2.75, 3.05) is 39.8 Å². The summed E-state index contributed by atoms with van der Waals surface area (Å²) in [4.78, 5) is 12.5. The van der Waals surface area contributed by atoms with E-state index >= 15 is 0 Å². The highest BCUT2D eigenvalue weighted by Gasteiger charge is 2.29. The van der Waals surface area contributed by atoms with Crippen molar-refractivity contribution in [3.8, 4) is 0 Å². The molecule has 30 heavy (non-hydrogen) atoms. The zero-order valence-corrected chi connectivity index (χ0v) is 18.6. The fourth-order valence-corrected chi connectivity index (χ4v) is 5.22. The number of likely N-dealkylation sites (tertiary alicyclic amines) is 2. The first-order valence-electron chi connectivity index (χ1n) is 11.9. The summed E-state index contributed by atoms with van der Waals surface area (Å²) in [6.07, 6.45) is 9.66. The van der Waals surface area contributed by atoms with Crippen LogP contribution in [-0.2, 0) is 13.0 Å². The maximum absolute atomic E-state index is 4.49. The molecule has 0 unspecified atom stereocenters. The summed E-state index contributed by atoms with van der Waals surface area (Å²) >= 11 is 0. The molecule has 0 N–H and O–H groups in total. The van der Waals surface area contributed by atoms with Gasteiger partial charge in [-0.25, -0.2) is 0 Å². The van der Waals surface area contributed by atoms with Crippen molar-refractivity contribution in [3.05, 3.63) is 66.0 Å². The van der Waals surface area contributed by atoms with Crippen molar-refractivity contribution in [2.45, 2.75) is 57.2 Å². The summed E-state index contributed by atoms with van der Waals surface area (Å²) < 4.78 is 0. The third-order valence-corrected chi connectivity index (χ3v) is 7.08. The molecule has 0 radical (unpaired) electrons. The number of rotatable bonds is 8. The van der Waals surface area contributed by atoms with Crippen LogP contribution in [0.2, 0.25) is 0 Å². The van der Waals surface area contributed by atoms with Crippen LogP contribution in [0.3, 0.4) is 0 Å². The van der Waals surface area contributed by atoms with Crippen LogP contribution in [0.4, 0.5) is 0 Å². The van der Waals surface area contributed by atoms with E-state index in [1.807, 2.05) is 12.3 Å². The van der Waals surface area contributed by atoms with Gasteiger partial charge in [0.2, 0.25) is 0 Å². The number of piperidine rings is 2. The molecule has 2 fully saturated rings. The summed E-state index contributed by atoms with van der Waals surface area (Å²) in [7, 11) is 2.39. The Hall–Kier alpha value is -1.75. The van der Waals surface area contributed by atoms with Crippen LogP contribution in [0.1, 0.15) is 43.4 Å². The molecule has 4 rings (SSSR count). The second-order valence-electron chi connectivity index (χ2n) is 9.18. The summed E-state index contributed by atoms with van der Waals surface area (Å²) in [5, 5.41) is 0. The fourth-order valence-electron chi connectivity index (χ4n) is 5.22. The Labute approximate surface area is 182 Å². The van der Waals surface area contributed by atoms with Gasteiger partial charge in [-0.2, -0.15) is 0 Å². The number of aromatic nitrogens is 1. The SMILES string of the molecule is CN(C1CCN(Cc2ccccn2)CC1)[C@H]1CCCN(CCCc2ccccc2)C1. The predicted molar refractivity (Wildman–Crippen MR) is 125 cm³/mol. The van der Waals surface area contributed by atoms with Crippen molar-refractivity contribution in [2.24, 2.45) is 0 Å². The molecule has 0 bridgehead atoms. The molecule has 4 nitrogen and oxygen atoms in total. The molecule has 162 valence electrons. The minimum absolute atomic E-state index is 0.725. The van der Waals surface area contributed by atoms with Gasteiger partial charge in [-0.15, -0.1) is 0 Å². The Morgan fingerprint density at radius 2 is 1.70 bits per heavy atom. The normalized spacial score (nSPS) is 21.9. The first-order chi connectivity index (χ1) is 14.8. The average Bonchev–Trinajstić information content (AvgIpc) is 2.81. The predicted octanol–water partition coefficient (Wildman–Crippen LogP) is 4.08. The molecular weight excluding hydrogens is 368 g/mol. The van der Waals surface area contributed by atoms with Crippen LogP contribution in [0.15, 0.2) is 54.7 Å². The number of aryl methyl sites for hydroxylation is 1. The molecule has 4 heteroatoms. The lowest BCUT2D eigenvalue weighted by molar-refractivity contribution is 0.0520. The van der Waals surface area contributed by atoms with Gasteiger partial charge in [-0.1, -0.05) is 36.4 Å². The molecule has 0 amide bonds. The number of likely N-dealkylation sites (N-methyl/N-ethyl adjacent to an activating group) is 1. The van der Waals surface area contributed by atoms with Gasteiger partial charge in [0.25, 0.3) is 0 Å². The van der Waals surface area contributed by atoms with Crippen molar-refractivity contribution in [1.82, 2.24) is 19.7 Å². The smallest absolute Gasteiger partial charge is 0.0543 e. The van der Waals surface area contributed by atoms with Gasteiger partial charge in [0, 0.05) is 44.5 Å². The van der Waals surface area contributed by atoms with E-state index < -0.39 is 0 Å². The molecular formula is C26H38N4. The zero-order valence-electron chi connectivity index (χ0n) is 18.6. The quantitative estimate of drug-likeness (QED) is 0.659. The van der Waals surface area contributed by atoms with Crippen molar-refractivity contribution in [3.63, 3.8) is 0 Å². The van der Waals surface area contributed by atoms with Crippen LogP contribution in [0.5, 0.6) is 0 Å². The second-order valence-corrected chi connectivity index (χ2v) is 9.18. The number of hydrogen-bond donors (Lipinski definition) is 0. The molecule has 2 aromatic rings. The Kier molecular flexibility index (Phi) is 7.90. The lowest BCUT2D eigenvalue weighted by atomic mass is 9.97. The van der Waals surface area contributed by atoms with Crippen molar-refractivity contribution in [1.29, 1.82) is 0 Å². The number of nitrogens with zero attached hydrogens (tertiary/aromatic N) is 4. The lowest BCUT2D eigenvalue weighted by Gasteiger charge is -2.44. The molecule has 1 atom stereocenters. The first-order valence-corrected chi connectivity index (χ1v) is 11.9. The van der Waals surface area contributed by atoms with Crippen LogP contribution in [-0.4, -0.2) is 71.5 Å². The van der Waals surface area contributed by atoms with Gasteiger partial charge in [0.1, 0.15) is 0 Å². The lowest BCUT2D eigenvalue weighted by Crippen LogP contribution is -2.52. The van der Waals surface area contributed by atoms with E-state index in [1.165, 1.54) is 82.5 Å². The topological polar surface area (TPSA) is 22.6 Å². The van der Waals surface area contributed by atoms with Gasteiger partial charge < -0.3 is 4.90 Å². The standard InChI is InChI=1S/C26H38N4/c1-28(25-14-19-30(20-15-25)21-24-12-5-6-16-27-24)26-13-8-18-29(22-26)17-7-11-23-9-3-2-4-10-23/h2-6,9-10,12,16,25-26H,7-8,11,13-15,17-22H2,1H3/t26-/m0/s1. The Bertz CT molecular complexity index is 727. The molecule has 2 saturated heterocycles. The molecule has 3 heterocycles. The minimum atomic E-state index is 0.725. The number of benzene rings is 1. The Morgan fingerprint density at radius 3 is 2.47 bits per heavy atom. The summed E-state index contributed by atoms with van der Waals surface area (Å²) in [6.45, 7) is 7.15. The van der Waals surface area contributed by atoms with E-state index in [2.05, 4.69) is 69.2 Å². The molecule has 0 saturated carbocycles. The first kappa shape index (κ1) is 21.5. The largest absolute Gasteiger partial charge is 0.302 e. The van der Waals surface area contributed by atoms with E-state index in [1.54, 1.807) is 0 Å². The van der Waals surface area contributed by atoms with Gasteiger partial charge >= 0.3 is 0 Å². The monoisotopic (exact) mass is 406 g/mol. The van der Waals surface area contributed by atoms with Crippen molar-refractivity contribution < 1.29 is 0 Å². The van der Waals surface area contributed by atoms with Crippen LogP contribution in [0, 0.1) is 0 Å². The van der Waals surface area contributed by atoms with E-state index in [4.69, 9.17) is 0 Å². The van der Waals surface area contributed by atoms with Gasteiger partial charge in [0.15, 0.2) is 0 Å². The Balaban J connectivity index is 1.19. The second kappa shape index (κ2) is 11.0. The Morgan fingerprint density at radius 1 is 0.900 bits per heavy atom. The molecule has 1 aromatic heterocycles. The van der Waals surface area contributed by atoms with Gasteiger partial charge in [0.05, 0.1) is 5.69 Å². The van der Waals surface area contributed by atoms with Crippen LogP contribution in [0.25, 0.3) is 0 Å². The molecule has 2 aliphatic heterocycles. The molecule has 0 spiro atoms. The zero-order chi connectivity index (χ0) is 20.6. The van der Waals surface area contributed by atoms with Crippen LogP contribution >= 0.6 is 0 Å². The number of hydrogen-bond acceptors (Lipinski definition) is 4. The summed E-state index contributed by atoms with van der Waals surface area (Å²) in [6, 6.07) is 18.6. The third kappa shape index (κ3) is 6.13. The van der Waals surface area contributed by atoms with E-state index in [9.17, 15) is 0 Å². The highest BCUT2D eigenvalue weighted by atomic mass is 15.2. The maximum atomic E-state index is 4.49. The maximum Gasteiger partial charge on any atom is 0.0543 e. The minimum Gasteiger partial charge on any atom is -0.302 e. The van der Waals surface area contributed by atoms with E-state index in [-0.39, 0.29) is 0 Å². The van der Waals surface area contributed by atoms with Gasteiger partial charge in [-0.05, 0) is 76.4 Å². The summed E-state index contributed by atoms with van der Waals surface area (Å²) in [5.41, 5.74) is 2.67. The molecule has 1 aromatic carbocycles. The van der Waals surface area contributed by atoms with E-state index in [0.29, 0.717) is 0 Å². The average molecular weight is 407 g/mol. The molecule has 0 aliphatic carbocycles. The molecule has 2 aliphatic rings.